The predicted molar refractivity (Wildman–Crippen MR) is 152 cm³/mol. The standard InChI is InChI=1S/C30H40N6O4/c31-26(37)17-40-34-27(29(32)38)28-30(39)36(25-11-4-3-10-24(25)33-28)23-15-20-8-5-9-21(16-23)35(20)22-13-18-6-1-2-7-19(12-18)14-22/h3-4,10-11,18-23H,1-2,5-9,12-17H2,(H2,31,37)(H2,32,38)/b34-27-/t18?,19?,20-,21+,22?,23+. The van der Waals surface area contributed by atoms with Crippen molar-refractivity contribution in [1.82, 2.24) is 14.5 Å². The Balaban J connectivity index is 1.35. The van der Waals surface area contributed by atoms with Gasteiger partial charge in [-0.15, -0.1) is 0 Å². The van der Waals surface area contributed by atoms with Crippen molar-refractivity contribution in [3.8, 4) is 0 Å². The molecule has 2 aliphatic carbocycles. The minimum Gasteiger partial charge on any atom is -0.385 e. The van der Waals surface area contributed by atoms with Gasteiger partial charge in [0.15, 0.2) is 18.0 Å². The Hall–Kier alpha value is -3.27. The van der Waals surface area contributed by atoms with Crippen LogP contribution >= 0.6 is 0 Å². The Bertz CT molecular complexity index is 1340. The van der Waals surface area contributed by atoms with Crippen molar-refractivity contribution in [3.05, 3.63) is 40.3 Å². The van der Waals surface area contributed by atoms with Crippen LogP contribution in [-0.4, -0.2) is 56.7 Å². The number of para-hydroxylation sites is 2. The summed E-state index contributed by atoms with van der Waals surface area (Å²) in [4.78, 5) is 49.8. The van der Waals surface area contributed by atoms with Gasteiger partial charge in [0, 0.05) is 24.2 Å². The number of nitrogens with zero attached hydrogens (tertiary/aromatic N) is 4. The highest BCUT2D eigenvalue weighted by molar-refractivity contribution is 6.44. The highest BCUT2D eigenvalue weighted by atomic mass is 16.6. The van der Waals surface area contributed by atoms with Gasteiger partial charge < -0.3 is 20.9 Å². The minimum absolute atomic E-state index is 0.0303. The number of amides is 2. The van der Waals surface area contributed by atoms with E-state index in [1.54, 1.807) is 0 Å². The van der Waals surface area contributed by atoms with Crippen molar-refractivity contribution in [2.75, 3.05) is 6.61 Å². The van der Waals surface area contributed by atoms with Gasteiger partial charge in [-0.05, 0) is 68.9 Å². The number of rotatable bonds is 7. The van der Waals surface area contributed by atoms with Crippen LogP contribution in [0.25, 0.3) is 11.0 Å². The lowest BCUT2D eigenvalue weighted by molar-refractivity contribution is -0.122. The molecular weight excluding hydrogens is 508 g/mol. The number of fused-ring (bicyclic) bond motifs is 5. The van der Waals surface area contributed by atoms with Crippen molar-refractivity contribution < 1.29 is 14.4 Å². The molecule has 2 unspecified atom stereocenters. The monoisotopic (exact) mass is 548 g/mol. The molecule has 2 saturated heterocycles. The SMILES string of the molecule is NC(=O)CO/N=C(\C(N)=O)c1nc2ccccc2n([C@H]2C[C@H]3CCC[C@@H](C2)N3C2CC3CCCCC(C3)C2)c1=O. The molecule has 4 aliphatic rings. The number of carbonyl (C=O) groups excluding carboxylic acids is 2. The highest BCUT2D eigenvalue weighted by Gasteiger charge is 2.45. The molecule has 2 aliphatic heterocycles. The highest BCUT2D eigenvalue weighted by Crippen LogP contribution is 2.47. The number of piperidine rings is 2. The van der Waals surface area contributed by atoms with Crippen LogP contribution in [0.2, 0.25) is 0 Å². The van der Waals surface area contributed by atoms with Gasteiger partial charge in [-0.3, -0.25) is 19.3 Å². The second-order valence-electron chi connectivity index (χ2n) is 12.4. The van der Waals surface area contributed by atoms with Gasteiger partial charge in [-0.1, -0.05) is 49.4 Å². The quantitative estimate of drug-likeness (QED) is 0.402. The molecule has 0 radical (unpaired) electrons. The number of benzene rings is 1. The normalized spacial score (nSPS) is 30.9. The molecule has 10 heteroatoms. The van der Waals surface area contributed by atoms with Gasteiger partial charge in [-0.25, -0.2) is 4.98 Å². The first-order valence-corrected chi connectivity index (χ1v) is 15.0. The average Bonchev–Trinajstić information content (AvgIpc) is 3.09. The molecule has 4 bridgehead atoms. The number of carbonyl (C=O) groups is 2. The average molecular weight is 549 g/mol. The molecule has 40 heavy (non-hydrogen) atoms. The number of hydrogen-bond acceptors (Lipinski definition) is 7. The van der Waals surface area contributed by atoms with Crippen LogP contribution in [0.4, 0.5) is 0 Å². The first-order chi connectivity index (χ1) is 19.4. The third kappa shape index (κ3) is 5.25. The smallest absolute Gasteiger partial charge is 0.279 e. The van der Waals surface area contributed by atoms with Gasteiger partial charge in [-0.2, -0.15) is 0 Å². The van der Waals surface area contributed by atoms with E-state index in [4.69, 9.17) is 16.3 Å². The molecule has 4 fully saturated rings. The molecule has 10 nitrogen and oxygen atoms in total. The predicted octanol–water partition coefficient (Wildman–Crippen LogP) is 3.00. The first kappa shape index (κ1) is 26.9. The molecule has 214 valence electrons. The summed E-state index contributed by atoms with van der Waals surface area (Å²) in [6, 6.07) is 8.97. The zero-order valence-corrected chi connectivity index (χ0v) is 23.0. The van der Waals surface area contributed by atoms with Crippen LogP contribution in [0.1, 0.15) is 88.8 Å². The molecule has 1 aromatic heterocycles. The van der Waals surface area contributed by atoms with Crippen molar-refractivity contribution in [2.45, 2.75) is 101 Å². The summed E-state index contributed by atoms with van der Waals surface area (Å²) in [5.74, 6) is 0.0120. The largest absolute Gasteiger partial charge is 0.385 e. The molecule has 1 aromatic carbocycles. The van der Waals surface area contributed by atoms with E-state index < -0.39 is 29.7 Å². The third-order valence-corrected chi connectivity index (χ3v) is 9.76. The van der Waals surface area contributed by atoms with Crippen molar-refractivity contribution >= 4 is 28.6 Å². The number of primary amides is 2. The Kier molecular flexibility index (Phi) is 7.61. The summed E-state index contributed by atoms with van der Waals surface area (Å²) in [6.45, 7) is -0.538. The molecule has 2 saturated carbocycles. The molecule has 2 amide bonds. The minimum atomic E-state index is -0.957. The molecule has 3 heterocycles. The van der Waals surface area contributed by atoms with E-state index in [0.29, 0.717) is 23.6 Å². The summed E-state index contributed by atoms with van der Waals surface area (Å²) < 4.78 is 1.81. The van der Waals surface area contributed by atoms with E-state index in [1.807, 2.05) is 28.8 Å². The molecule has 4 N–H and O–H groups in total. The van der Waals surface area contributed by atoms with E-state index in [2.05, 4.69) is 15.0 Å². The fourth-order valence-electron chi connectivity index (χ4n) is 8.34. The lowest BCUT2D eigenvalue weighted by Crippen LogP contribution is -2.58. The van der Waals surface area contributed by atoms with Crippen LogP contribution in [0.15, 0.2) is 34.2 Å². The van der Waals surface area contributed by atoms with Crippen LogP contribution in [0.3, 0.4) is 0 Å². The summed E-state index contributed by atoms with van der Waals surface area (Å²) in [6.07, 6.45) is 14.9. The maximum Gasteiger partial charge on any atom is 0.279 e. The van der Waals surface area contributed by atoms with E-state index in [1.165, 1.54) is 51.4 Å². The second-order valence-corrected chi connectivity index (χ2v) is 12.4. The zero-order valence-electron chi connectivity index (χ0n) is 23.0. The van der Waals surface area contributed by atoms with E-state index in [9.17, 15) is 14.4 Å². The fraction of sp³-hybridized carbons (Fsp3) is 0.633. The fourth-order valence-corrected chi connectivity index (χ4v) is 8.34. The number of oxime groups is 1. The third-order valence-electron chi connectivity index (χ3n) is 9.76. The first-order valence-electron chi connectivity index (χ1n) is 15.0. The second kappa shape index (κ2) is 11.3. The topological polar surface area (TPSA) is 146 Å². The maximum atomic E-state index is 14.0. The van der Waals surface area contributed by atoms with E-state index >= 15 is 0 Å². The van der Waals surface area contributed by atoms with Gasteiger partial charge in [0.2, 0.25) is 0 Å². The molecule has 5 atom stereocenters. The van der Waals surface area contributed by atoms with Gasteiger partial charge in [0.05, 0.1) is 11.0 Å². The lowest BCUT2D eigenvalue weighted by atomic mass is 9.73. The number of nitrogens with two attached hydrogens (primary N) is 2. The summed E-state index contributed by atoms with van der Waals surface area (Å²) in [5, 5.41) is 3.71. The maximum absolute atomic E-state index is 14.0. The van der Waals surface area contributed by atoms with E-state index in [0.717, 1.165) is 43.0 Å². The van der Waals surface area contributed by atoms with Crippen molar-refractivity contribution in [1.29, 1.82) is 0 Å². The number of aromatic nitrogens is 2. The lowest BCUT2D eigenvalue weighted by Gasteiger charge is -2.54. The number of hydrogen-bond donors (Lipinski definition) is 2. The summed E-state index contributed by atoms with van der Waals surface area (Å²) in [7, 11) is 0. The molecule has 2 aromatic rings. The van der Waals surface area contributed by atoms with Crippen LogP contribution in [-0.2, 0) is 14.4 Å². The molecule has 6 rings (SSSR count). The Morgan fingerprint density at radius 3 is 2.20 bits per heavy atom. The van der Waals surface area contributed by atoms with Crippen LogP contribution < -0.4 is 17.0 Å². The Labute approximate surface area is 234 Å². The molecular formula is C30H40N6O4. The Morgan fingerprint density at radius 1 is 0.875 bits per heavy atom. The summed E-state index contributed by atoms with van der Waals surface area (Å²) >= 11 is 0. The summed E-state index contributed by atoms with van der Waals surface area (Å²) in [5.41, 5.74) is 11.0. The van der Waals surface area contributed by atoms with Crippen molar-refractivity contribution in [3.63, 3.8) is 0 Å². The molecule has 0 spiro atoms. The Morgan fingerprint density at radius 2 is 1.55 bits per heavy atom. The van der Waals surface area contributed by atoms with Crippen LogP contribution in [0, 0.1) is 11.8 Å². The van der Waals surface area contributed by atoms with Gasteiger partial charge in [0.1, 0.15) is 0 Å². The van der Waals surface area contributed by atoms with Crippen LogP contribution in [0.5, 0.6) is 0 Å². The van der Waals surface area contributed by atoms with E-state index in [-0.39, 0.29) is 11.7 Å². The van der Waals surface area contributed by atoms with Gasteiger partial charge in [0.25, 0.3) is 17.4 Å². The van der Waals surface area contributed by atoms with Crippen molar-refractivity contribution in [2.24, 2.45) is 28.5 Å². The zero-order chi connectivity index (χ0) is 27.8. The van der Waals surface area contributed by atoms with Gasteiger partial charge >= 0.3 is 0 Å².